The molecule has 0 bridgehead atoms. The maximum atomic E-state index is 13.6. The number of thioether (sulfide) groups is 1. The van der Waals surface area contributed by atoms with Gasteiger partial charge in [0.15, 0.2) is 0 Å². The van der Waals surface area contributed by atoms with Crippen LogP contribution in [0.5, 0.6) is 0 Å². The van der Waals surface area contributed by atoms with E-state index in [1.807, 2.05) is 67.2 Å². The Labute approximate surface area is 365 Å². The molecule has 0 saturated carbocycles. The van der Waals surface area contributed by atoms with Crippen molar-refractivity contribution in [3.8, 4) is 22.4 Å². The SMILES string of the molecule is Cc1cc(S(=O)(=O)Nc2ccc(N3CCN(c4cccc(-c5cc(C)n(C)c5-c5ccc(Cl)cc5)c4)CC3)cc2)ccc1N[C@H](CCN1CCCC1)CSc1ccccc1. The van der Waals surface area contributed by atoms with Crippen LogP contribution in [0, 0.1) is 13.8 Å². The maximum Gasteiger partial charge on any atom is 0.261 e. The molecule has 0 radical (unpaired) electrons. The van der Waals surface area contributed by atoms with Gasteiger partial charge in [-0.05, 0) is 148 Å². The topological polar surface area (TPSA) is 72.8 Å². The Morgan fingerprint density at radius 3 is 2.12 bits per heavy atom. The van der Waals surface area contributed by atoms with Gasteiger partial charge in [-0.25, -0.2) is 8.42 Å². The van der Waals surface area contributed by atoms with Crippen LogP contribution in [-0.2, 0) is 17.1 Å². The molecule has 8 nitrogen and oxygen atoms in total. The zero-order chi connectivity index (χ0) is 41.6. The van der Waals surface area contributed by atoms with Gasteiger partial charge in [0.1, 0.15) is 0 Å². The van der Waals surface area contributed by atoms with E-state index in [-0.39, 0.29) is 10.9 Å². The Kier molecular flexibility index (Phi) is 13.1. The zero-order valence-corrected chi connectivity index (χ0v) is 37.2. The van der Waals surface area contributed by atoms with Crippen molar-refractivity contribution in [2.24, 2.45) is 7.05 Å². The highest BCUT2D eigenvalue weighted by molar-refractivity contribution is 7.99. The average Bonchev–Trinajstić information content (AvgIpc) is 3.90. The molecule has 0 aliphatic carbocycles. The molecule has 2 aliphatic rings. The number of nitrogens with one attached hydrogen (secondary N) is 2. The first-order chi connectivity index (χ1) is 29.1. The zero-order valence-electron chi connectivity index (χ0n) is 34.8. The molecule has 1 aromatic heterocycles. The lowest BCUT2D eigenvalue weighted by Crippen LogP contribution is -2.46. The number of rotatable bonds is 15. The fourth-order valence-corrected chi connectivity index (χ4v) is 10.7. The molecule has 8 rings (SSSR count). The van der Waals surface area contributed by atoms with Crippen molar-refractivity contribution in [1.82, 2.24) is 9.47 Å². The van der Waals surface area contributed by atoms with Gasteiger partial charge in [-0.15, -0.1) is 11.8 Å². The van der Waals surface area contributed by atoms with Crippen molar-refractivity contribution in [3.05, 3.63) is 144 Å². The summed E-state index contributed by atoms with van der Waals surface area (Å²) < 4.78 is 32.3. The van der Waals surface area contributed by atoms with Crippen LogP contribution < -0.4 is 19.8 Å². The number of aromatic nitrogens is 1. The summed E-state index contributed by atoms with van der Waals surface area (Å²) in [5.74, 6) is 0.931. The molecule has 2 aliphatic heterocycles. The molecule has 2 fully saturated rings. The second-order valence-corrected chi connectivity index (χ2v) is 19.3. The first kappa shape index (κ1) is 41.8. The quantitative estimate of drug-likeness (QED) is 0.0997. The lowest BCUT2D eigenvalue weighted by Gasteiger charge is -2.37. The van der Waals surface area contributed by atoms with Gasteiger partial charge in [-0.2, -0.15) is 0 Å². The maximum absolute atomic E-state index is 13.6. The van der Waals surface area contributed by atoms with E-state index in [1.165, 1.54) is 59.0 Å². The van der Waals surface area contributed by atoms with Crippen molar-refractivity contribution in [2.75, 3.05) is 71.4 Å². The number of anilines is 4. The highest BCUT2D eigenvalue weighted by Gasteiger charge is 2.22. The first-order valence-corrected chi connectivity index (χ1v) is 23.9. The van der Waals surface area contributed by atoms with Gasteiger partial charge in [0.25, 0.3) is 10.0 Å². The highest BCUT2D eigenvalue weighted by atomic mass is 35.5. The molecule has 1 atom stereocenters. The molecular weight excluding hydrogens is 804 g/mol. The van der Waals surface area contributed by atoms with Crippen LogP contribution in [0.4, 0.5) is 22.7 Å². The predicted molar refractivity (Wildman–Crippen MR) is 254 cm³/mol. The molecule has 5 aromatic carbocycles. The molecule has 0 unspecified atom stereocenters. The van der Waals surface area contributed by atoms with E-state index in [9.17, 15) is 8.42 Å². The number of benzene rings is 5. The molecule has 2 saturated heterocycles. The fourth-order valence-electron chi connectivity index (χ4n) is 8.40. The number of hydrogen-bond donors (Lipinski definition) is 2. The van der Waals surface area contributed by atoms with Crippen LogP contribution >= 0.6 is 23.4 Å². The molecular formula is C49H55ClN6O2S2. The summed E-state index contributed by atoms with van der Waals surface area (Å²) in [6, 6.07) is 43.1. The lowest BCUT2D eigenvalue weighted by atomic mass is 10.0. The molecule has 60 heavy (non-hydrogen) atoms. The summed E-state index contributed by atoms with van der Waals surface area (Å²) >= 11 is 8.08. The molecule has 0 amide bonds. The molecule has 0 spiro atoms. The smallest absolute Gasteiger partial charge is 0.261 e. The van der Waals surface area contributed by atoms with Crippen molar-refractivity contribution in [3.63, 3.8) is 0 Å². The van der Waals surface area contributed by atoms with Gasteiger partial charge in [-0.1, -0.05) is 54.1 Å². The number of hydrogen-bond acceptors (Lipinski definition) is 7. The standard InChI is InChI=1S/C49H55ClN6O2S2/c1-36-32-46(22-23-48(36)51-42(24-27-54-25-7-8-26-54)35-59-45-12-5-4-6-13-45)60(57,58)52-41-18-20-43(21-19-41)55-28-30-56(31-29-55)44-11-9-10-39(34-44)47-33-37(2)53(3)49(47)38-14-16-40(50)17-15-38/h4-6,9-23,32-34,42,51-52H,7-8,24-31,35H2,1-3H3/t42-/m1/s1. The molecule has 11 heteroatoms. The van der Waals surface area contributed by atoms with E-state index in [0.717, 1.165) is 72.4 Å². The number of halogens is 1. The van der Waals surface area contributed by atoms with Gasteiger partial charge >= 0.3 is 0 Å². The van der Waals surface area contributed by atoms with Gasteiger partial charge in [0.2, 0.25) is 0 Å². The number of likely N-dealkylation sites (tertiary alicyclic amines) is 1. The Morgan fingerprint density at radius 1 is 0.717 bits per heavy atom. The van der Waals surface area contributed by atoms with Crippen LogP contribution in [0.25, 0.3) is 22.4 Å². The number of aryl methyl sites for hydroxylation is 2. The summed E-state index contributed by atoms with van der Waals surface area (Å²) in [5.41, 5.74) is 10.6. The monoisotopic (exact) mass is 858 g/mol. The van der Waals surface area contributed by atoms with Gasteiger partial charge in [0.05, 0.1) is 10.6 Å². The van der Waals surface area contributed by atoms with Gasteiger partial charge < -0.3 is 24.6 Å². The first-order valence-electron chi connectivity index (χ1n) is 21.0. The van der Waals surface area contributed by atoms with Crippen LogP contribution in [0.1, 0.15) is 30.5 Å². The average molecular weight is 860 g/mol. The third-order valence-corrected chi connectivity index (χ3v) is 14.7. The summed E-state index contributed by atoms with van der Waals surface area (Å²) in [6.07, 6.45) is 3.59. The number of piperazine rings is 1. The fraction of sp³-hybridized carbons (Fsp3) is 0.306. The van der Waals surface area contributed by atoms with Gasteiger partial charge in [0, 0.05) is 95.5 Å². The Morgan fingerprint density at radius 2 is 1.42 bits per heavy atom. The summed E-state index contributed by atoms with van der Waals surface area (Å²) in [6.45, 7) is 11.0. The van der Waals surface area contributed by atoms with E-state index in [0.29, 0.717) is 5.69 Å². The van der Waals surface area contributed by atoms with Crippen molar-refractivity contribution in [2.45, 2.75) is 48.9 Å². The van der Waals surface area contributed by atoms with Gasteiger partial charge in [-0.3, -0.25) is 4.72 Å². The highest BCUT2D eigenvalue weighted by Crippen LogP contribution is 2.37. The van der Waals surface area contributed by atoms with E-state index in [1.54, 1.807) is 12.1 Å². The van der Waals surface area contributed by atoms with Crippen LogP contribution in [-0.4, -0.2) is 75.5 Å². The minimum atomic E-state index is -3.78. The number of nitrogens with zero attached hydrogens (tertiary/aromatic N) is 4. The van der Waals surface area contributed by atoms with Crippen LogP contribution in [0.2, 0.25) is 5.02 Å². The van der Waals surface area contributed by atoms with Crippen molar-refractivity contribution in [1.29, 1.82) is 0 Å². The minimum Gasteiger partial charge on any atom is -0.381 e. The second-order valence-electron chi connectivity index (χ2n) is 16.1. The third kappa shape index (κ3) is 10.0. The predicted octanol–water partition coefficient (Wildman–Crippen LogP) is 10.8. The van der Waals surface area contributed by atoms with Crippen LogP contribution in [0.15, 0.2) is 137 Å². The van der Waals surface area contributed by atoms with Crippen molar-refractivity contribution < 1.29 is 8.42 Å². The minimum absolute atomic E-state index is 0.252. The molecule has 2 N–H and O–H groups in total. The van der Waals surface area contributed by atoms with Crippen molar-refractivity contribution >= 4 is 56.1 Å². The van der Waals surface area contributed by atoms with E-state index in [4.69, 9.17) is 11.6 Å². The third-order valence-electron chi connectivity index (χ3n) is 11.9. The normalized spacial score (nSPS) is 15.3. The van der Waals surface area contributed by atoms with E-state index >= 15 is 0 Å². The van der Waals surface area contributed by atoms with Crippen LogP contribution in [0.3, 0.4) is 0 Å². The Bertz CT molecular complexity index is 2480. The van der Waals surface area contributed by atoms with E-state index in [2.05, 4.69) is 110 Å². The number of sulfonamides is 1. The summed E-state index contributed by atoms with van der Waals surface area (Å²) in [5, 5.41) is 4.50. The Hall–Kier alpha value is -4.87. The summed E-state index contributed by atoms with van der Waals surface area (Å²) in [4.78, 5) is 8.87. The lowest BCUT2D eigenvalue weighted by molar-refractivity contribution is 0.328. The Balaban J connectivity index is 0.876. The van der Waals surface area contributed by atoms with E-state index < -0.39 is 10.0 Å². The molecule has 6 aromatic rings. The molecule has 312 valence electrons. The molecule has 3 heterocycles. The largest absolute Gasteiger partial charge is 0.381 e. The second kappa shape index (κ2) is 18.8. The summed E-state index contributed by atoms with van der Waals surface area (Å²) in [7, 11) is -1.67.